The zero-order valence-electron chi connectivity index (χ0n) is 10.2. The van der Waals surface area contributed by atoms with Crippen molar-refractivity contribution in [1.29, 1.82) is 0 Å². The Morgan fingerprint density at radius 1 is 1.32 bits per heavy atom. The largest absolute Gasteiger partial charge is 0.472 e. The van der Waals surface area contributed by atoms with Gasteiger partial charge < -0.3 is 14.8 Å². The summed E-state index contributed by atoms with van der Waals surface area (Å²) < 4.78 is 4.93. The highest BCUT2D eigenvalue weighted by Crippen LogP contribution is 2.08. The number of furan rings is 1. The third-order valence-corrected chi connectivity index (χ3v) is 2.51. The zero-order valence-corrected chi connectivity index (χ0v) is 10.2. The molecule has 4 heteroatoms. The van der Waals surface area contributed by atoms with Crippen LogP contribution >= 0.6 is 0 Å². The summed E-state index contributed by atoms with van der Waals surface area (Å²) in [7, 11) is 0. The minimum absolute atomic E-state index is 0.205. The SMILES string of the molecule is O=C(NCc1ccoc1)c1ccccc1C#CCO. The van der Waals surface area contributed by atoms with Gasteiger partial charge in [0.1, 0.15) is 6.61 Å². The van der Waals surface area contributed by atoms with Crippen molar-refractivity contribution in [2.75, 3.05) is 6.61 Å². The van der Waals surface area contributed by atoms with E-state index in [-0.39, 0.29) is 12.5 Å². The standard InChI is InChI=1S/C15H13NO3/c17-8-3-5-13-4-1-2-6-14(13)15(18)16-10-12-7-9-19-11-12/h1-2,4,6-7,9,11,17H,8,10H2,(H,16,18). The molecular formula is C15H13NO3. The average Bonchev–Trinajstić information content (AvgIpc) is 2.96. The molecule has 2 N–H and O–H groups in total. The van der Waals surface area contributed by atoms with Gasteiger partial charge in [0.15, 0.2) is 0 Å². The van der Waals surface area contributed by atoms with Crippen molar-refractivity contribution in [2.45, 2.75) is 6.54 Å². The minimum Gasteiger partial charge on any atom is -0.472 e. The van der Waals surface area contributed by atoms with Gasteiger partial charge in [0.25, 0.3) is 5.91 Å². The van der Waals surface area contributed by atoms with E-state index in [1.165, 1.54) is 0 Å². The molecule has 0 unspecified atom stereocenters. The predicted molar refractivity (Wildman–Crippen MR) is 70.3 cm³/mol. The Hall–Kier alpha value is -2.51. The summed E-state index contributed by atoms with van der Waals surface area (Å²) in [6.07, 6.45) is 3.14. The predicted octanol–water partition coefficient (Wildman–Crippen LogP) is 1.55. The first-order valence-electron chi connectivity index (χ1n) is 5.79. The molecule has 0 saturated heterocycles. The van der Waals surface area contributed by atoms with E-state index in [4.69, 9.17) is 9.52 Å². The van der Waals surface area contributed by atoms with Crippen LogP contribution in [0.5, 0.6) is 0 Å². The van der Waals surface area contributed by atoms with E-state index >= 15 is 0 Å². The number of carbonyl (C=O) groups is 1. The second-order valence-electron chi connectivity index (χ2n) is 3.82. The molecule has 96 valence electrons. The van der Waals surface area contributed by atoms with E-state index < -0.39 is 0 Å². The Kier molecular flexibility index (Phi) is 4.38. The number of carbonyl (C=O) groups excluding carboxylic acids is 1. The van der Waals surface area contributed by atoms with Crippen LogP contribution in [-0.4, -0.2) is 17.6 Å². The molecule has 1 aromatic heterocycles. The fourth-order valence-corrected chi connectivity index (χ4v) is 1.60. The summed E-state index contributed by atoms with van der Waals surface area (Å²) in [5, 5.41) is 11.5. The number of aliphatic hydroxyl groups excluding tert-OH is 1. The molecule has 1 aromatic carbocycles. The molecule has 1 heterocycles. The lowest BCUT2D eigenvalue weighted by Gasteiger charge is -2.05. The number of hydrogen-bond acceptors (Lipinski definition) is 3. The van der Waals surface area contributed by atoms with Crippen LogP contribution in [0.3, 0.4) is 0 Å². The second kappa shape index (κ2) is 6.43. The van der Waals surface area contributed by atoms with E-state index in [9.17, 15) is 4.79 Å². The number of aliphatic hydroxyl groups is 1. The minimum atomic E-state index is -0.231. The Labute approximate surface area is 111 Å². The molecule has 2 aromatic rings. The third kappa shape index (κ3) is 3.47. The lowest BCUT2D eigenvalue weighted by atomic mass is 10.1. The van der Waals surface area contributed by atoms with Crippen LogP contribution < -0.4 is 5.32 Å². The Bertz CT molecular complexity index is 606. The maximum absolute atomic E-state index is 12.1. The molecule has 0 saturated carbocycles. The van der Waals surface area contributed by atoms with Crippen LogP contribution in [0.15, 0.2) is 47.3 Å². The molecule has 0 bridgehead atoms. The molecule has 0 radical (unpaired) electrons. The van der Waals surface area contributed by atoms with Gasteiger partial charge in [-0.05, 0) is 18.2 Å². The van der Waals surface area contributed by atoms with Gasteiger partial charge in [0.05, 0.1) is 18.1 Å². The smallest absolute Gasteiger partial charge is 0.252 e. The van der Waals surface area contributed by atoms with Crippen LogP contribution in [0.2, 0.25) is 0 Å². The summed E-state index contributed by atoms with van der Waals surface area (Å²) in [6, 6.07) is 8.81. The molecule has 0 atom stereocenters. The fraction of sp³-hybridized carbons (Fsp3) is 0.133. The number of nitrogens with one attached hydrogen (secondary N) is 1. The van der Waals surface area contributed by atoms with Crippen molar-refractivity contribution in [1.82, 2.24) is 5.32 Å². The molecule has 4 nitrogen and oxygen atoms in total. The Balaban J connectivity index is 2.10. The van der Waals surface area contributed by atoms with Gasteiger partial charge in [-0.15, -0.1) is 0 Å². The molecule has 2 rings (SSSR count). The molecule has 0 aliphatic rings. The van der Waals surface area contributed by atoms with E-state index in [1.807, 2.05) is 0 Å². The van der Waals surface area contributed by atoms with Crippen molar-refractivity contribution in [3.8, 4) is 11.8 Å². The number of hydrogen-bond donors (Lipinski definition) is 2. The molecule has 0 aliphatic carbocycles. The lowest BCUT2D eigenvalue weighted by molar-refractivity contribution is 0.0950. The van der Waals surface area contributed by atoms with Gasteiger partial charge >= 0.3 is 0 Å². The van der Waals surface area contributed by atoms with Gasteiger partial charge in [-0.25, -0.2) is 0 Å². The number of amides is 1. The Morgan fingerprint density at radius 2 is 2.16 bits per heavy atom. The molecule has 19 heavy (non-hydrogen) atoms. The average molecular weight is 255 g/mol. The fourth-order valence-electron chi connectivity index (χ4n) is 1.60. The quantitative estimate of drug-likeness (QED) is 0.818. The first-order chi connectivity index (χ1) is 9.31. The van der Waals surface area contributed by atoms with Gasteiger partial charge in [0, 0.05) is 17.7 Å². The molecular weight excluding hydrogens is 242 g/mol. The van der Waals surface area contributed by atoms with Crippen LogP contribution in [0.1, 0.15) is 21.5 Å². The van der Waals surface area contributed by atoms with E-state index in [1.54, 1.807) is 42.9 Å². The van der Waals surface area contributed by atoms with Gasteiger partial charge in [-0.2, -0.15) is 0 Å². The first kappa shape index (κ1) is 12.9. The third-order valence-electron chi connectivity index (χ3n) is 2.51. The number of rotatable bonds is 3. The van der Waals surface area contributed by atoms with Crippen molar-refractivity contribution in [2.24, 2.45) is 0 Å². The Morgan fingerprint density at radius 3 is 2.89 bits per heavy atom. The maximum Gasteiger partial charge on any atom is 0.252 e. The molecule has 0 aliphatic heterocycles. The van der Waals surface area contributed by atoms with Crippen molar-refractivity contribution < 1.29 is 14.3 Å². The van der Waals surface area contributed by atoms with Crippen molar-refractivity contribution in [3.63, 3.8) is 0 Å². The normalized spacial score (nSPS) is 9.53. The van der Waals surface area contributed by atoms with Crippen molar-refractivity contribution in [3.05, 3.63) is 59.5 Å². The summed E-state index contributed by atoms with van der Waals surface area (Å²) in [6.45, 7) is 0.169. The molecule has 1 amide bonds. The molecule has 0 fully saturated rings. The summed E-state index contributed by atoms with van der Waals surface area (Å²) >= 11 is 0. The van der Waals surface area contributed by atoms with E-state index in [2.05, 4.69) is 17.2 Å². The highest BCUT2D eigenvalue weighted by atomic mass is 16.3. The second-order valence-corrected chi connectivity index (χ2v) is 3.82. The van der Waals surface area contributed by atoms with Crippen LogP contribution in [0.25, 0.3) is 0 Å². The van der Waals surface area contributed by atoms with Gasteiger partial charge in [0.2, 0.25) is 0 Å². The highest BCUT2D eigenvalue weighted by molar-refractivity contribution is 5.96. The van der Waals surface area contributed by atoms with Gasteiger partial charge in [-0.3, -0.25) is 4.79 Å². The first-order valence-corrected chi connectivity index (χ1v) is 5.79. The lowest BCUT2D eigenvalue weighted by Crippen LogP contribution is -2.23. The topological polar surface area (TPSA) is 62.5 Å². The van der Waals surface area contributed by atoms with Crippen molar-refractivity contribution >= 4 is 5.91 Å². The monoisotopic (exact) mass is 255 g/mol. The summed E-state index contributed by atoms with van der Waals surface area (Å²) in [5.41, 5.74) is 1.99. The maximum atomic E-state index is 12.1. The van der Waals surface area contributed by atoms with E-state index in [0.717, 1.165) is 5.56 Å². The molecule has 0 spiro atoms. The summed E-state index contributed by atoms with van der Waals surface area (Å²) in [5.74, 6) is 5.09. The van der Waals surface area contributed by atoms with Gasteiger partial charge in [-0.1, -0.05) is 24.0 Å². The summed E-state index contributed by atoms with van der Waals surface area (Å²) in [4.78, 5) is 12.1. The highest BCUT2D eigenvalue weighted by Gasteiger charge is 2.09. The van der Waals surface area contributed by atoms with Crippen LogP contribution in [0, 0.1) is 11.8 Å². The van der Waals surface area contributed by atoms with Crippen LogP contribution in [-0.2, 0) is 6.54 Å². The zero-order chi connectivity index (χ0) is 13.5. The van der Waals surface area contributed by atoms with E-state index in [0.29, 0.717) is 17.7 Å². The van der Waals surface area contributed by atoms with Crippen LogP contribution in [0.4, 0.5) is 0 Å². The number of benzene rings is 1.